The summed E-state index contributed by atoms with van der Waals surface area (Å²) in [6.07, 6.45) is 1.21. The molecular weight excluding hydrogens is 605 g/mol. The third-order valence-electron chi connectivity index (χ3n) is 6.53. The van der Waals surface area contributed by atoms with E-state index in [0.29, 0.717) is 32.7 Å². The van der Waals surface area contributed by atoms with Crippen molar-refractivity contribution in [1.29, 1.82) is 0 Å². The van der Waals surface area contributed by atoms with Gasteiger partial charge in [0, 0.05) is 40.1 Å². The summed E-state index contributed by atoms with van der Waals surface area (Å²) >= 11 is 19.3. The first kappa shape index (κ1) is 32.7. The molecule has 0 aliphatic rings. The van der Waals surface area contributed by atoms with E-state index in [2.05, 4.69) is 5.32 Å². The average molecular weight is 639 g/mol. The number of carbonyl (C=O) groups is 2. The summed E-state index contributed by atoms with van der Waals surface area (Å²) in [5.74, 6) is -0.805. The van der Waals surface area contributed by atoms with Crippen LogP contribution in [0.1, 0.15) is 30.5 Å². The molecular formula is C30H34Cl3N3O4S. The third kappa shape index (κ3) is 8.85. The lowest BCUT2D eigenvalue weighted by Crippen LogP contribution is -2.53. The maximum absolute atomic E-state index is 14.2. The number of halogens is 3. The number of hydrogen-bond acceptors (Lipinski definition) is 4. The van der Waals surface area contributed by atoms with Crippen LogP contribution < -0.4 is 9.62 Å². The summed E-state index contributed by atoms with van der Waals surface area (Å²) in [5, 5.41) is 3.94. The molecule has 0 bridgehead atoms. The first-order valence-electron chi connectivity index (χ1n) is 13.1. The molecule has 1 unspecified atom stereocenters. The van der Waals surface area contributed by atoms with Crippen LogP contribution in [0, 0.1) is 12.8 Å². The van der Waals surface area contributed by atoms with Crippen LogP contribution in [-0.2, 0) is 32.6 Å². The van der Waals surface area contributed by atoms with Crippen molar-refractivity contribution in [2.24, 2.45) is 5.92 Å². The van der Waals surface area contributed by atoms with E-state index in [-0.39, 0.29) is 30.5 Å². The Morgan fingerprint density at radius 2 is 1.46 bits per heavy atom. The molecule has 0 aromatic heterocycles. The highest BCUT2D eigenvalue weighted by Crippen LogP contribution is 2.30. The van der Waals surface area contributed by atoms with Crippen molar-refractivity contribution in [3.8, 4) is 0 Å². The van der Waals surface area contributed by atoms with Crippen LogP contribution in [-0.4, -0.2) is 50.5 Å². The molecule has 1 atom stereocenters. The van der Waals surface area contributed by atoms with Crippen molar-refractivity contribution in [2.75, 3.05) is 23.7 Å². The van der Waals surface area contributed by atoms with E-state index in [0.717, 1.165) is 16.1 Å². The Bertz CT molecular complexity index is 1460. The number of hydrogen-bond donors (Lipinski definition) is 1. The minimum Gasteiger partial charge on any atom is -0.354 e. The zero-order chi connectivity index (χ0) is 30.3. The van der Waals surface area contributed by atoms with E-state index in [9.17, 15) is 18.0 Å². The van der Waals surface area contributed by atoms with Gasteiger partial charge < -0.3 is 10.2 Å². The Kier molecular flexibility index (Phi) is 11.5. The van der Waals surface area contributed by atoms with Crippen LogP contribution in [0.5, 0.6) is 0 Å². The van der Waals surface area contributed by atoms with Gasteiger partial charge in [0.05, 0.1) is 11.9 Å². The van der Waals surface area contributed by atoms with E-state index in [1.54, 1.807) is 43.3 Å². The normalized spacial score (nSPS) is 12.2. The van der Waals surface area contributed by atoms with Crippen molar-refractivity contribution in [2.45, 2.75) is 39.8 Å². The van der Waals surface area contributed by atoms with Crippen molar-refractivity contribution >= 4 is 62.3 Å². The molecule has 7 nitrogen and oxygen atoms in total. The SMILES string of the molecule is Cc1c(Cl)cccc1N(CC(=O)N(Cc1c(Cl)cccc1Cl)C(Cc1ccccc1)C(=O)NCC(C)C)S(C)(=O)=O. The molecule has 1 N–H and O–H groups in total. The van der Waals surface area contributed by atoms with Gasteiger partial charge in [-0.05, 0) is 48.2 Å². The van der Waals surface area contributed by atoms with Gasteiger partial charge in [0.2, 0.25) is 21.8 Å². The van der Waals surface area contributed by atoms with Crippen molar-refractivity contribution < 1.29 is 18.0 Å². The molecule has 0 fully saturated rings. The van der Waals surface area contributed by atoms with Gasteiger partial charge in [0.15, 0.2) is 0 Å². The van der Waals surface area contributed by atoms with Crippen LogP contribution in [0.15, 0.2) is 66.7 Å². The Labute approximate surface area is 257 Å². The predicted octanol–water partition coefficient (Wildman–Crippen LogP) is 6.13. The Morgan fingerprint density at radius 1 is 0.878 bits per heavy atom. The van der Waals surface area contributed by atoms with Gasteiger partial charge in [-0.25, -0.2) is 8.42 Å². The van der Waals surface area contributed by atoms with E-state index in [4.69, 9.17) is 34.8 Å². The smallest absolute Gasteiger partial charge is 0.244 e. The Morgan fingerprint density at radius 3 is 2.05 bits per heavy atom. The largest absolute Gasteiger partial charge is 0.354 e. The van der Waals surface area contributed by atoms with Crippen molar-refractivity contribution in [3.05, 3.63) is 98.5 Å². The molecule has 0 aliphatic heterocycles. The van der Waals surface area contributed by atoms with Crippen LogP contribution >= 0.6 is 34.8 Å². The summed E-state index contributed by atoms with van der Waals surface area (Å²) in [6, 6.07) is 18.1. The topological polar surface area (TPSA) is 86.8 Å². The number of rotatable bonds is 12. The minimum absolute atomic E-state index is 0.115. The van der Waals surface area contributed by atoms with Gasteiger partial charge in [-0.3, -0.25) is 13.9 Å². The molecule has 0 spiro atoms. The first-order chi connectivity index (χ1) is 19.3. The predicted molar refractivity (Wildman–Crippen MR) is 167 cm³/mol. The van der Waals surface area contributed by atoms with Gasteiger partial charge in [-0.1, -0.05) is 91.1 Å². The van der Waals surface area contributed by atoms with E-state index in [1.807, 2.05) is 44.2 Å². The first-order valence-corrected chi connectivity index (χ1v) is 16.0. The number of carbonyl (C=O) groups excluding carboxylic acids is 2. The number of amides is 2. The molecule has 2 amide bonds. The van der Waals surface area contributed by atoms with Crippen LogP contribution in [0.4, 0.5) is 5.69 Å². The molecule has 3 aromatic rings. The molecule has 11 heteroatoms. The Balaban J connectivity index is 2.12. The van der Waals surface area contributed by atoms with Crippen LogP contribution in [0.3, 0.4) is 0 Å². The molecule has 0 radical (unpaired) electrons. The highest BCUT2D eigenvalue weighted by Gasteiger charge is 2.34. The molecule has 3 rings (SSSR count). The van der Waals surface area contributed by atoms with E-state index >= 15 is 0 Å². The van der Waals surface area contributed by atoms with Gasteiger partial charge in [-0.15, -0.1) is 0 Å². The second-order valence-corrected chi connectivity index (χ2v) is 13.3. The van der Waals surface area contributed by atoms with E-state index < -0.39 is 28.5 Å². The monoisotopic (exact) mass is 637 g/mol. The third-order valence-corrected chi connectivity index (χ3v) is 8.78. The lowest BCUT2D eigenvalue weighted by atomic mass is 10.0. The summed E-state index contributed by atoms with van der Waals surface area (Å²) in [4.78, 5) is 29.2. The second-order valence-electron chi connectivity index (χ2n) is 10.2. The number of nitrogens with zero attached hydrogens (tertiary/aromatic N) is 2. The quantitative estimate of drug-likeness (QED) is 0.259. The molecule has 0 saturated heterocycles. The summed E-state index contributed by atoms with van der Waals surface area (Å²) in [5.41, 5.74) is 2.05. The second kappa shape index (κ2) is 14.4. The van der Waals surface area contributed by atoms with Crippen molar-refractivity contribution in [1.82, 2.24) is 10.2 Å². The van der Waals surface area contributed by atoms with Crippen molar-refractivity contribution in [3.63, 3.8) is 0 Å². The van der Waals surface area contributed by atoms with Gasteiger partial charge in [0.25, 0.3) is 0 Å². The average Bonchev–Trinajstić information content (AvgIpc) is 2.91. The standard InChI is InChI=1S/C30H34Cl3N3O4S/c1-20(2)17-34-30(38)28(16-22-10-6-5-7-11-22)35(18-23-25(32)13-8-14-26(23)33)29(37)19-36(41(4,39)40)27-15-9-12-24(31)21(27)3/h5-15,20,28H,16-19H2,1-4H3,(H,34,38). The lowest BCUT2D eigenvalue weighted by Gasteiger charge is -2.34. The molecule has 41 heavy (non-hydrogen) atoms. The number of benzene rings is 3. The number of anilines is 1. The fourth-order valence-electron chi connectivity index (χ4n) is 4.29. The van der Waals surface area contributed by atoms with Gasteiger partial charge in [-0.2, -0.15) is 0 Å². The zero-order valence-electron chi connectivity index (χ0n) is 23.4. The van der Waals surface area contributed by atoms with Crippen LogP contribution in [0.2, 0.25) is 15.1 Å². The van der Waals surface area contributed by atoms with E-state index in [1.165, 1.54) is 4.90 Å². The highest BCUT2D eigenvalue weighted by molar-refractivity contribution is 7.92. The molecule has 0 aliphatic carbocycles. The summed E-state index contributed by atoms with van der Waals surface area (Å²) in [6.45, 7) is 5.34. The number of nitrogens with one attached hydrogen (secondary N) is 1. The lowest BCUT2D eigenvalue weighted by molar-refractivity contribution is -0.140. The molecule has 220 valence electrons. The zero-order valence-corrected chi connectivity index (χ0v) is 26.5. The molecule has 0 heterocycles. The maximum Gasteiger partial charge on any atom is 0.244 e. The van der Waals surface area contributed by atoms with Crippen LogP contribution in [0.25, 0.3) is 0 Å². The minimum atomic E-state index is -3.93. The fourth-order valence-corrected chi connectivity index (χ4v) is 5.88. The van der Waals surface area contributed by atoms with Gasteiger partial charge in [0.1, 0.15) is 12.6 Å². The summed E-state index contributed by atoms with van der Waals surface area (Å²) in [7, 11) is -3.93. The molecule has 0 saturated carbocycles. The fraction of sp³-hybridized carbons (Fsp3) is 0.333. The Hall–Kier alpha value is -2.78. The molecule has 3 aromatic carbocycles. The highest BCUT2D eigenvalue weighted by atomic mass is 35.5. The number of sulfonamides is 1. The maximum atomic E-state index is 14.2. The summed E-state index contributed by atoms with van der Waals surface area (Å²) < 4.78 is 27.0. The van der Waals surface area contributed by atoms with Gasteiger partial charge >= 0.3 is 0 Å².